The molecule has 0 unspecified atom stereocenters. The van der Waals surface area contributed by atoms with Gasteiger partial charge in [0.15, 0.2) is 0 Å². The van der Waals surface area contributed by atoms with Gasteiger partial charge >= 0.3 is 0 Å². The van der Waals surface area contributed by atoms with E-state index in [1.807, 2.05) is 12.1 Å². The second-order valence-electron chi connectivity index (χ2n) is 8.23. The zero-order chi connectivity index (χ0) is 19.7. The number of nitrogens with zero attached hydrogens (tertiary/aromatic N) is 2. The molecule has 0 bridgehead atoms. The van der Waals surface area contributed by atoms with Crippen LogP contribution in [0.4, 0.5) is 5.69 Å². The molecule has 0 radical (unpaired) electrons. The Balaban J connectivity index is 1.51. The third kappa shape index (κ3) is 3.45. The minimum atomic E-state index is -0.264. The molecule has 6 nitrogen and oxygen atoms in total. The van der Waals surface area contributed by atoms with Gasteiger partial charge in [-0.1, -0.05) is 12.8 Å². The Morgan fingerprint density at radius 2 is 1.86 bits per heavy atom. The van der Waals surface area contributed by atoms with Crippen LogP contribution in [0.3, 0.4) is 0 Å². The predicted octanol–water partition coefficient (Wildman–Crippen LogP) is 3.24. The van der Waals surface area contributed by atoms with Crippen molar-refractivity contribution >= 4 is 17.5 Å². The number of amides is 2. The highest BCUT2D eigenvalue weighted by Crippen LogP contribution is 2.39. The highest BCUT2D eigenvalue weighted by atomic mass is 16.5. The maximum Gasteiger partial charge on any atom is 0.228 e. The SMILES string of the molecule is COc1ccc(N2C[C@H](C(=O)N3CCC[C@H]4CCCC[C@@H]43)CC2=O)c(OC)c1. The normalized spacial score (nSPS) is 27.5. The minimum Gasteiger partial charge on any atom is -0.497 e. The van der Waals surface area contributed by atoms with Crippen molar-refractivity contribution in [2.24, 2.45) is 11.8 Å². The lowest BCUT2D eigenvalue weighted by molar-refractivity contribution is -0.142. The van der Waals surface area contributed by atoms with E-state index in [1.54, 1.807) is 25.2 Å². The lowest BCUT2D eigenvalue weighted by atomic mass is 9.78. The number of carbonyl (C=O) groups is 2. The molecule has 1 aromatic carbocycles. The Kier molecular flexibility index (Phi) is 5.47. The van der Waals surface area contributed by atoms with Crippen LogP contribution in [0.15, 0.2) is 18.2 Å². The third-order valence-corrected chi connectivity index (χ3v) is 6.68. The third-order valence-electron chi connectivity index (χ3n) is 6.68. The number of anilines is 1. The molecule has 28 heavy (non-hydrogen) atoms. The number of likely N-dealkylation sites (tertiary alicyclic amines) is 1. The van der Waals surface area contributed by atoms with Gasteiger partial charge in [0.2, 0.25) is 11.8 Å². The maximum absolute atomic E-state index is 13.3. The average Bonchev–Trinajstić information content (AvgIpc) is 3.13. The van der Waals surface area contributed by atoms with Crippen LogP contribution in [-0.2, 0) is 9.59 Å². The number of hydrogen-bond acceptors (Lipinski definition) is 4. The van der Waals surface area contributed by atoms with Gasteiger partial charge in [-0.2, -0.15) is 0 Å². The van der Waals surface area contributed by atoms with Gasteiger partial charge in [-0.05, 0) is 43.7 Å². The summed E-state index contributed by atoms with van der Waals surface area (Å²) in [6, 6.07) is 5.81. The minimum absolute atomic E-state index is 0.0148. The number of methoxy groups -OCH3 is 2. The molecule has 152 valence electrons. The molecule has 3 fully saturated rings. The van der Waals surface area contributed by atoms with Crippen molar-refractivity contribution in [3.05, 3.63) is 18.2 Å². The number of fused-ring (bicyclic) bond motifs is 1. The number of ether oxygens (including phenoxy) is 2. The van der Waals surface area contributed by atoms with Crippen LogP contribution in [0.5, 0.6) is 11.5 Å². The number of benzene rings is 1. The second kappa shape index (κ2) is 8.02. The van der Waals surface area contributed by atoms with E-state index >= 15 is 0 Å². The van der Waals surface area contributed by atoms with Crippen LogP contribution in [0.2, 0.25) is 0 Å². The van der Waals surface area contributed by atoms with E-state index in [-0.39, 0.29) is 24.2 Å². The first kappa shape index (κ1) is 19.1. The largest absolute Gasteiger partial charge is 0.497 e. The highest BCUT2D eigenvalue weighted by Gasteiger charge is 2.42. The molecule has 6 heteroatoms. The molecular formula is C22H30N2O4. The quantitative estimate of drug-likeness (QED) is 0.797. The first-order valence-corrected chi connectivity index (χ1v) is 10.4. The summed E-state index contributed by atoms with van der Waals surface area (Å²) in [6.07, 6.45) is 7.47. The fraction of sp³-hybridized carbons (Fsp3) is 0.636. The van der Waals surface area contributed by atoms with Gasteiger partial charge in [-0.15, -0.1) is 0 Å². The molecule has 2 heterocycles. The topological polar surface area (TPSA) is 59.1 Å². The summed E-state index contributed by atoms with van der Waals surface area (Å²) in [4.78, 5) is 29.9. The Hall–Kier alpha value is -2.24. The number of piperidine rings is 1. The van der Waals surface area contributed by atoms with E-state index in [0.29, 0.717) is 35.7 Å². The molecule has 0 N–H and O–H groups in total. The fourth-order valence-corrected chi connectivity index (χ4v) is 5.25. The summed E-state index contributed by atoms with van der Waals surface area (Å²) in [5.74, 6) is 1.81. The van der Waals surface area contributed by atoms with Crippen molar-refractivity contribution in [1.82, 2.24) is 4.90 Å². The molecule has 4 rings (SSSR count). The number of hydrogen-bond donors (Lipinski definition) is 0. The summed E-state index contributed by atoms with van der Waals surface area (Å²) < 4.78 is 10.7. The van der Waals surface area contributed by atoms with Crippen molar-refractivity contribution in [3.63, 3.8) is 0 Å². The molecule has 0 spiro atoms. The molecular weight excluding hydrogens is 356 g/mol. The monoisotopic (exact) mass is 386 g/mol. The highest BCUT2D eigenvalue weighted by molar-refractivity contribution is 6.01. The van der Waals surface area contributed by atoms with Gasteiger partial charge in [0, 0.05) is 31.6 Å². The second-order valence-corrected chi connectivity index (χ2v) is 8.23. The van der Waals surface area contributed by atoms with Crippen molar-refractivity contribution in [2.75, 3.05) is 32.2 Å². The van der Waals surface area contributed by atoms with Crippen molar-refractivity contribution in [1.29, 1.82) is 0 Å². The van der Waals surface area contributed by atoms with Gasteiger partial charge in [-0.3, -0.25) is 9.59 Å². The van der Waals surface area contributed by atoms with Crippen LogP contribution in [0, 0.1) is 11.8 Å². The summed E-state index contributed by atoms with van der Waals surface area (Å²) in [7, 11) is 3.18. The lowest BCUT2D eigenvalue weighted by Gasteiger charge is -2.45. The average molecular weight is 386 g/mol. The standard InChI is InChI=1S/C22H30N2O4/c1-27-17-9-10-19(20(13-17)28-2)24-14-16(12-21(24)25)22(26)23-11-5-7-15-6-3-4-8-18(15)23/h9-10,13,15-16,18H,3-8,11-12,14H2,1-2H3/t15-,16-,18+/m1/s1. The van der Waals surface area contributed by atoms with Crippen molar-refractivity contribution in [2.45, 2.75) is 51.0 Å². The smallest absolute Gasteiger partial charge is 0.228 e. The van der Waals surface area contributed by atoms with Gasteiger partial charge in [0.25, 0.3) is 0 Å². The van der Waals surface area contributed by atoms with Crippen LogP contribution < -0.4 is 14.4 Å². The summed E-state index contributed by atoms with van der Waals surface area (Å²) in [6.45, 7) is 1.27. The number of rotatable bonds is 4. The van der Waals surface area contributed by atoms with Crippen LogP contribution >= 0.6 is 0 Å². The van der Waals surface area contributed by atoms with E-state index < -0.39 is 0 Å². The first-order chi connectivity index (χ1) is 13.6. The van der Waals surface area contributed by atoms with Gasteiger partial charge in [0.1, 0.15) is 11.5 Å². The van der Waals surface area contributed by atoms with E-state index in [2.05, 4.69) is 4.90 Å². The molecule has 3 atom stereocenters. The van der Waals surface area contributed by atoms with Crippen molar-refractivity contribution < 1.29 is 19.1 Å². The van der Waals surface area contributed by atoms with Crippen LogP contribution in [-0.4, -0.2) is 50.1 Å². The van der Waals surface area contributed by atoms with Crippen LogP contribution in [0.25, 0.3) is 0 Å². The first-order valence-electron chi connectivity index (χ1n) is 10.4. The Morgan fingerprint density at radius 3 is 2.64 bits per heavy atom. The van der Waals surface area contributed by atoms with Crippen molar-refractivity contribution in [3.8, 4) is 11.5 Å². The fourth-order valence-electron chi connectivity index (χ4n) is 5.25. The molecule has 1 saturated carbocycles. The zero-order valence-corrected chi connectivity index (χ0v) is 16.9. The molecule has 2 amide bonds. The van der Waals surface area contributed by atoms with Gasteiger partial charge in [-0.25, -0.2) is 0 Å². The molecule has 2 aliphatic heterocycles. The predicted molar refractivity (Wildman–Crippen MR) is 107 cm³/mol. The molecule has 2 saturated heterocycles. The van der Waals surface area contributed by atoms with Crippen LogP contribution in [0.1, 0.15) is 44.9 Å². The Morgan fingerprint density at radius 1 is 1.07 bits per heavy atom. The zero-order valence-electron chi connectivity index (χ0n) is 16.9. The molecule has 1 aromatic rings. The summed E-state index contributed by atoms with van der Waals surface area (Å²) >= 11 is 0. The molecule has 1 aliphatic carbocycles. The number of carbonyl (C=O) groups excluding carboxylic acids is 2. The van der Waals surface area contributed by atoms with E-state index in [1.165, 1.54) is 25.7 Å². The van der Waals surface area contributed by atoms with E-state index in [9.17, 15) is 9.59 Å². The van der Waals surface area contributed by atoms with Gasteiger partial charge < -0.3 is 19.3 Å². The van der Waals surface area contributed by atoms with Gasteiger partial charge in [0.05, 0.1) is 25.8 Å². The van der Waals surface area contributed by atoms with E-state index in [4.69, 9.17) is 9.47 Å². The maximum atomic E-state index is 13.3. The Labute approximate surface area is 166 Å². The van der Waals surface area contributed by atoms with E-state index in [0.717, 1.165) is 19.4 Å². The summed E-state index contributed by atoms with van der Waals surface area (Å²) in [5.41, 5.74) is 0.706. The molecule has 3 aliphatic rings. The molecule has 0 aromatic heterocycles. The summed E-state index contributed by atoms with van der Waals surface area (Å²) in [5, 5.41) is 0. The lowest BCUT2D eigenvalue weighted by Crippen LogP contribution is -2.51. The Bertz CT molecular complexity index is 748.